The molecular weight excluding hydrogens is 354 g/mol. The van der Waals surface area contributed by atoms with Gasteiger partial charge in [0.25, 0.3) is 5.91 Å². The van der Waals surface area contributed by atoms with Crippen LogP contribution in [0.5, 0.6) is 0 Å². The first-order valence-corrected chi connectivity index (χ1v) is 10.1. The number of aromatic nitrogens is 1. The van der Waals surface area contributed by atoms with Crippen molar-refractivity contribution < 1.29 is 14.3 Å². The third-order valence-corrected chi connectivity index (χ3v) is 5.90. The van der Waals surface area contributed by atoms with Crippen molar-refractivity contribution in [1.82, 2.24) is 14.8 Å². The molecule has 1 fully saturated rings. The van der Waals surface area contributed by atoms with Gasteiger partial charge in [-0.3, -0.25) is 9.78 Å². The topological polar surface area (TPSA) is 62.7 Å². The van der Waals surface area contributed by atoms with Gasteiger partial charge in [0.2, 0.25) is 0 Å². The summed E-state index contributed by atoms with van der Waals surface area (Å²) in [6.45, 7) is 5.07. The largest absolute Gasteiger partial charge is 0.452 e. The van der Waals surface area contributed by atoms with E-state index in [1.54, 1.807) is 4.90 Å². The van der Waals surface area contributed by atoms with Gasteiger partial charge in [-0.2, -0.15) is 0 Å². The Morgan fingerprint density at radius 2 is 1.93 bits per heavy atom. The van der Waals surface area contributed by atoms with Crippen LogP contribution in [0.1, 0.15) is 41.4 Å². The van der Waals surface area contributed by atoms with Crippen LogP contribution in [-0.4, -0.2) is 59.9 Å². The highest BCUT2D eigenvalue weighted by molar-refractivity contribution is 6.05. The number of rotatable bonds is 3. The average molecular weight is 381 g/mol. The maximum atomic E-state index is 13.0. The molecule has 1 amide bonds. The minimum absolute atomic E-state index is 0.107. The lowest BCUT2D eigenvalue weighted by molar-refractivity contribution is -0.135. The standard InChI is InChI=1S/C22H27N3O3/c1-15-7-11-25(12-8-15)20(26)14-28-22(27)21-16-5-3-4-6-18(16)23-19-9-10-24(2)13-17(19)21/h3-6,15H,7-14H2,1-2H3. The fourth-order valence-corrected chi connectivity index (χ4v) is 4.11. The summed E-state index contributed by atoms with van der Waals surface area (Å²) >= 11 is 0. The molecule has 1 aromatic carbocycles. The first-order valence-electron chi connectivity index (χ1n) is 10.1. The molecule has 0 atom stereocenters. The van der Waals surface area contributed by atoms with Crippen LogP contribution < -0.4 is 0 Å². The minimum Gasteiger partial charge on any atom is -0.452 e. The highest BCUT2D eigenvalue weighted by Gasteiger charge is 2.27. The Morgan fingerprint density at radius 1 is 1.18 bits per heavy atom. The van der Waals surface area contributed by atoms with Gasteiger partial charge in [0.05, 0.1) is 11.1 Å². The van der Waals surface area contributed by atoms with Crippen molar-refractivity contribution in [3.8, 4) is 0 Å². The number of hydrogen-bond donors (Lipinski definition) is 0. The lowest BCUT2D eigenvalue weighted by Crippen LogP contribution is -2.40. The SMILES string of the molecule is CC1CCN(C(=O)COC(=O)c2c3c(nc4ccccc24)CCN(C)C3)CC1. The van der Waals surface area contributed by atoms with E-state index in [0.29, 0.717) is 18.0 Å². The van der Waals surface area contributed by atoms with Crippen molar-refractivity contribution in [2.24, 2.45) is 5.92 Å². The van der Waals surface area contributed by atoms with Gasteiger partial charge in [-0.1, -0.05) is 25.1 Å². The smallest absolute Gasteiger partial charge is 0.339 e. The Kier molecular flexibility index (Phi) is 5.31. The molecule has 148 valence electrons. The van der Waals surface area contributed by atoms with Gasteiger partial charge in [0, 0.05) is 49.2 Å². The number of hydrogen-bond acceptors (Lipinski definition) is 5. The Bertz CT molecular complexity index is 903. The van der Waals surface area contributed by atoms with Crippen molar-refractivity contribution in [3.63, 3.8) is 0 Å². The van der Waals surface area contributed by atoms with E-state index in [2.05, 4.69) is 11.8 Å². The summed E-state index contributed by atoms with van der Waals surface area (Å²) in [5.74, 6) is 0.117. The number of nitrogens with zero attached hydrogens (tertiary/aromatic N) is 3. The Morgan fingerprint density at radius 3 is 2.71 bits per heavy atom. The van der Waals surface area contributed by atoms with E-state index in [4.69, 9.17) is 9.72 Å². The molecule has 1 saturated heterocycles. The highest BCUT2D eigenvalue weighted by atomic mass is 16.5. The summed E-state index contributed by atoms with van der Waals surface area (Å²) in [6, 6.07) is 7.65. The zero-order valence-electron chi connectivity index (χ0n) is 16.6. The third-order valence-electron chi connectivity index (χ3n) is 5.90. The number of amides is 1. The quantitative estimate of drug-likeness (QED) is 0.765. The number of likely N-dealkylation sites (tertiary alicyclic amines) is 1. The van der Waals surface area contributed by atoms with Gasteiger partial charge in [-0.05, 0) is 31.9 Å². The van der Waals surface area contributed by atoms with Crippen LogP contribution in [0.2, 0.25) is 0 Å². The average Bonchev–Trinajstić information content (AvgIpc) is 2.70. The molecular formula is C22H27N3O3. The zero-order valence-corrected chi connectivity index (χ0v) is 16.6. The first-order chi connectivity index (χ1) is 13.5. The number of carbonyl (C=O) groups excluding carboxylic acids is 2. The van der Waals surface area contributed by atoms with Crippen molar-refractivity contribution in [2.45, 2.75) is 32.7 Å². The molecule has 0 bridgehead atoms. The number of benzene rings is 1. The lowest BCUT2D eigenvalue weighted by atomic mass is 9.96. The molecule has 6 heteroatoms. The molecule has 0 radical (unpaired) electrons. The number of carbonyl (C=O) groups is 2. The summed E-state index contributed by atoms with van der Waals surface area (Å²) in [4.78, 5) is 34.3. The number of likely N-dealkylation sites (N-methyl/N-ethyl adjacent to an activating group) is 1. The second-order valence-electron chi connectivity index (χ2n) is 8.06. The summed E-state index contributed by atoms with van der Waals surface area (Å²) in [7, 11) is 2.04. The van der Waals surface area contributed by atoms with Gasteiger partial charge in [-0.15, -0.1) is 0 Å². The van der Waals surface area contributed by atoms with E-state index in [-0.39, 0.29) is 12.5 Å². The van der Waals surface area contributed by atoms with E-state index in [1.165, 1.54) is 0 Å². The van der Waals surface area contributed by atoms with E-state index < -0.39 is 5.97 Å². The maximum absolute atomic E-state index is 13.0. The van der Waals surface area contributed by atoms with Crippen LogP contribution in [0.3, 0.4) is 0 Å². The molecule has 0 aliphatic carbocycles. The van der Waals surface area contributed by atoms with Crippen LogP contribution in [0.25, 0.3) is 10.9 Å². The first kappa shape index (κ1) is 18.9. The molecule has 0 unspecified atom stereocenters. The molecule has 3 heterocycles. The van der Waals surface area contributed by atoms with Gasteiger partial charge in [-0.25, -0.2) is 4.79 Å². The van der Waals surface area contributed by atoms with E-state index in [9.17, 15) is 9.59 Å². The number of esters is 1. The van der Waals surface area contributed by atoms with Crippen LogP contribution >= 0.6 is 0 Å². The Balaban J connectivity index is 1.57. The minimum atomic E-state index is -0.427. The molecule has 0 N–H and O–H groups in total. The molecule has 0 saturated carbocycles. The van der Waals surface area contributed by atoms with E-state index in [1.807, 2.05) is 31.3 Å². The lowest BCUT2D eigenvalue weighted by Gasteiger charge is -2.30. The number of ether oxygens (including phenoxy) is 1. The van der Waals surface area contributed by atoms with Gasteiger partial charge in [0.1, 0.15) is 0 Å². The third kappa shape index (κ3) is 3.74. The molecule has 1 aromatic heterocycles. The second-order valence-corrected chi connectivity index (χ2v) is 8.06. The van der Waals surface area contributed by atoms with Crippen molar-refractivity contribution >= 4 is 22.8 Å². The number of fused-ring (bicyclic) bond motifs is 2. The normalized spacial score (nSPS) is 18.1. The number of piperidine rings is 1. The number of para-hydroxylation sites is 1. The van der Waals surface area contributed by atoms with Crippen LogP contribution in [0.4, 0.5) is 0 Å². The van der Waals surface area contributed by atoms with Crippen molar-refractivity contribution in [3.05, 3.63) is 41.1 Å². The van der Waals surface area contributed by atoms with E-state index >= 15 is 0 Å². The predicted molar refractivity (Wildman–Crippen MR) is 107 cm³/mol. The van der Waals surface area contributed by atoms with Crippen LogP contribution in [0.15, 0.2) is 24.3 Å². The summed E-state index contributed by atoms with van der Waals surface area (Å²) in [6.07, 6.45) is 2.82. The summed E-state index contributed by atoms with van der Waals surface area (Å²) in [5, 5.41) is 0.792. The van der Waals surface area contributed by atoms with Crippen molar-refractivity contribution in [1.29, 1.82) is 0 Å². The zero-order chi connectivity index (χ0) is 19.7. The number of pyridine rings is 1. The second kappa shape index (κ2) is 7.87. The maximum Gasteiger partial charge on any atom is 0.339 e. The summed E-state index contributed by atoms with van der Waals surface area (Å²) < 4.78 is 5.50. The molecule has 2 aromatic rings. The monoisotopic (exact) mass is 381 g/mol. The van der Waals surface area contributed by atoms with Gasteiger partial charge >= 0.3 is 5.97 Å². The van der Waals surface area contributed by atoms with Crippen LogP contribution in [0, 0.1) is 5.92 Å². The van der Waals surface area contributed by atoms with Gasteiger partial charge < -0.3 is 14.5 Å². The van der Waals surface area contributed by atoms with Crippen molar-refractivity contribution in [2.75, 3.05) is 33.3 Å². The predicted octanol–water partition coefficient (Wildman–Crippen LogP) is 2.64. The Hall–Kier alpha value is -2.47. The van der Waals surface area contributed by atoms with E-state index in [0.717, 1.165) is 61.1 Å². The molecule has 2 aliphatic rings. The van der Waals surface area contributed by atoms with Gasteiger partial charge in [0.15, 0.2) is 6.61 Å². The molecule has 0 spiro atoms. The Labute approximate surface area is 165 Å². The molecule has 2 aliphatic heterocycles. The molecule has 28 heavy (non-hydrogen) atoms. The van der Waals surface area contributed by atoms with Crippen LogP contribution in [-0.2, 0) is 22.5 Å². The molecule has 6 nitrogen and oxygen atoms in total. The fraction of sp³-hybridized carbons (Fsp3) is 0.500. The molecule has 4 rings (SSSR count). The fourth-order valence-electron chi connectivity index (χ4n) is 4.11. The highest BCUT2D eigenvalue weighted by Crippen LogP contribution is 2.28. The summed E-state index contributed by atoms with van der Waals surface area (Å²) in [5.41, 5.74) is 3.25.